The van der Waals surface area contributed by atoms with Gasteiger partial charge in [-0.15, -0.1) is 0 Å². The van der Waals surface area contributed by atoms with Crippen molar-refractivity contribution in [1.29, 1.82) is 0 Å². The van der Waals surface area contributed by atoms with Gasteiger partial charge >= 0.3 is 5.97 Å². The maximum Gasteiger partial charge on any atom is 0.335 e. The molecule has 2 aromatic carbocycles. The SMILES string of the molecule is CC(C(=O)Nc1ccc(F)cc1)N1C(=O)C(C)(C)Oc2cc(C(=O)O)ccc21. The normalized spacial score (nSPS) is 16.0. The van der Waals surface area contributed by atoms with Gasteiger partial charge in [-0.05, 0) is 63.2 Å². The fraction of sp³-hybridized carbons (Fsp3) is 0.250. The first-order valence-corrected chi connectivity index (χ1v) is 8.56. The van der Waals surface area contributed by atoms with Crippen LogP contribution < -0.4 is 15.0 Å². The summed E-state index contributed by atoms with van der Waals surface area (Å²) in [6.07, 6.45) is 0. The molecule has 0 bridgehead atoms. The van der Waals surface area contributed by atoms with E-state index in [0.29, 0.717) is 11.4 Å². The Bertz CT molecular complexity index is 956. The van der Waals surface area contributed by atoms with E-state index in [4.69, 9.17) is 4.74 Å². The van der Waals surface area contributed by atoms with Crippen LogP contribution >= 0.6 is 0 Å². The van der Waals surface area contributed by atoms with E-state index in [1.165, 1.54) is 47.4 Å². The predicted octanol–water partition coefficient (Wildman–Crippen LogP) is 3.06. The van der Waals surface area contributed by atoms with E-state index in [9.17, 15) is 23.9 Å². The molecule has 0 radical (unpaired) electrons. The number of carbonyl (C=O) groups is 3. The molecule has 3 rings (SSSR count). The van der Waals surface area contributed by atoms with Crippen LogP contribution in [0.25, 0.3) is 0 Å². The number of hydrogen-bond acceptors (Lipinski definition) is 4. The van der Waals surface area contributed by atoms with Gasteiger partial charge in [0, 0.05) is 5.69 Å². The highest BCUT2D eigenvalue weighted by molar-refractivity contribution is 6.09. The Morgan fingerprint density at radius 1 is 1.18 bits per heavy atom. The summed E-state index contributed by atoms with van der Waals surface area (Å²) in [5.74, 6) is -2.28. The van der Waals surface area contributed by atoms with Crippen LogP contribution in [0.2, 0.25) is 0 Å². The summed E-state index contributed by atoms with van der Waals surface area (Å²) in [6.45, 7) is 4.64. The average Bonchev–Trinajstić information content (AvgIpc) is 2.63. The fourth-order valence-electron chi connectivity index (χ4n) is 2.93. The van der Waals surface area contributed by atoms with Crippen molar-refractivity contribution in [3.63, 3.8) is 0 Å². The molecule has 1 aliphatic heterocycles. The number of hydrogen-bond donors (Lipinski definition) is 2. The summed E-state index contributed by atoms with van der Waals surface area (Å²) in [6, 6.07) is 8.44. The van der Waals surface area contributed by atoms with Crippen LogP contribution in [0.4, 0.5) is 15.8 Å². The Balaban J connectivity index is 1.95. The number of rotatable bonds is 4. The lowest BCUT2D eigenvalue weighted by molar-refractivity contribution is -0.134. The van der Waals surface area contributed by atoms with Gasteiger partial charge in [-0.2, -0.15) is 0 Å². The average molecular weight is 386 g/mol. The topological polar surface area (TPSA) is 95.9 Å². The molecule has 0 saturated heterocycles. The van der Waals surface area contributed by atoms with Crippen LogP contribution in [0.3, 0.4) is 0 Å². The first-order valence-electron chi connectivity index (χ1n) is 8.56. The van der Waals surface area contributed by atoms with Gasteiger partial charge in [-0.25, -0.2) is 9.18 Å². The Morgan fingerprint density at radius 2 is 1.82 bits per heavy atom. The molecule has 146 valence electrons. The van der Waals surface area contributed by atoms with Crippen LogP contribution in [0, 0.1) is 5.82 Å². The van der Waals surface area contributed by atoms with Crippen molar-refractivity contribution < 1.29 is 28.6 Å². The molecule has 0 spiro atoms. The highest BCUT2D eigenvalue weighted by Crippen LogP contribution is 2.39. The van der Waals surface area contributed by atoms with E-state index in [-0.39, 0.29) is 11.3 Å². The number of nitrogens with zero attached hydrogens (tertiary/aromatic N) is 1. The minimum absolute atomic E-state index is 0.00673. The van der Waals surface area contributed by atoms with Gasteiger partial charge in [-0.3, -0.25) is 14.5 Å². The Hall–Kier alpha value is -3.42. The molecule has 1 unspecified atom stereocenters. The number of anilines is 2. The molecular weight excluding hydrogens is 367 g/mol. The van der Waals surface area contributed by atoms with Gasteiger partial charge in [0.25, 0.3) is 5.91 Å². The van der Waals surface area contributed by atoms with Crippen molar-refractivity contribution in [2.75, 3.05) is 10.2 Å². The summed E-state index contributed by atoms with van der Waals surface area (Å²) in [7, 11) is 0. The van der Waals surface area contributed by atoms with Crippen LogP contribution in [0.1, 0.15) is 31.1 Å². The zero-order valence-electron chi connectivity index (χ0n) is 15.5. The summed E-state index contributed by atoms with van der Waals surface area (Å²) < 4.78 is 18.7. The van der Waals surface area contributed by atoms with E-state index >= 15 is 0 Å². The van der Waals surface area contributed by atoms with Gasteiger partial charge in [0.1, 0.15) is 17.6 Å². The monoisotopic (exact) mass is 386 g/mol. The van der Waals surface area contributed by atoms with Crippen molar-refractivity contribution >= 4 is 29.2 Å². The van der Waals surface area contributed by atoms with Crippen molar-refractivity contribution in [3.05, 3.63) is 53.8 Å². The maximum atomic E-state index is 13.0. The molecule has 0 aromatic heterocycles. The number of benzene rings is 2. The summed E-state index contributed by atoms with van der Waals surface area (Å²) in [4.78, 5) is 38.1. The van der Waals surface area contributed by atoms with Crippen LogP contribution in [0.5, 0.6) is 5.75 Å². The maximum absolute atomic E-state index is 13.0. The van der Waals surface area contributed by atoms with Gasteiger partial charge < -0.3 is 15.2 Å². The van der Waals surface area contributed by atoms with Crippen molar-refractivity contribution in [1.82, 2.24) is 0 Å². The standard InChI is InChI=1S/C20H19FN2O5/c1-11(17(24)22-14-7-5-13(21)6-8-14)23-15-9-4-12(18(25)26)10-16(15)28-20(2,3)19(23)27/h4-11H,1-3H3,(H,22,24)(H,25,26). The van der Waals surface area contributed by atoms with Crippen molar-refractivity contribution in [2.45, 2.75) is 32.4 Å². The molecule has 0 saturated carbocycles. The van der Waals surface area contributed by atoms with Crippen LogP contribution in [-0.4, -0.2) is 34.5 Å². The smallest absolute Gasteiger partial charge is 0.335 e. The highest BCUT2D eigenvalue weighted by Gasteiger charge is 2.44. The van der Waals surface area contributed by atoms with E-state index < -0.39 is 35.2 Å². The first kappa shape index (κ1) is 19.3. The third kappa shape index (κ3) is 3.53. The first-order chi connectivity index (χ1) is 13.1. The third-order valence-corrected chi connectivity index (χ3v) is 4.44. The fourth-order valence-corrected chi connectivity index (χ4v) is 2.93. The molecule has 0 fully saturated rings. The number of halogens is 1. The number of carbonyl (C=O) groups excluding carboxylic acids is 2. The van der Waals surface area contributed by atoms with E-state index in [2.05, 4.69) is 5.32 Å². The molecule has 1 heterocycles. The molecule has 2 N–H and O–H groups in total. The molecule has 2 aromatic rings. The lowest BCUT2D eigenvalue weighted by Gasteiger charge is -2.41. The predicted molar refractivity (Wildman–Crippen MR) is 100 cm³/mol. The lowest BCUT2D eigenvalue weighted by Crippen LogP contribution is -2.57. The van der Waals surface area contributed by atoms with E-state index in [1.807, 2.05) is 0 Å². The largest absolute Gasteiger partial charge is 0.478 e. The van der Waals surface area contributed by atoms with Gasteiger partial charge in [0.15, 0.2) is 5.60 Å². The number of carboxylic acids is 1. The molecule has 0 aliphatic carbocycles. The number of ether oxygens (including phenoxy) is 1. The second kappa shape index (κ2) is 6.95. The Kier molecular flexibility index (Phi) is 4.80. The minimum atomic E-state index is -1.28. The number of fused-ring (bicyclic) bond motifs is 1. The quantitative estimate of drug-likeness (QED) is 0.842. The molecule has 8 heteroatoms. The van der Waals surface area contributed by atoms with E-state index in [0.717, 1.165) is 0 Å². The van der Waals surface area contributed by atoms with Crippen molar-refractivity contribution in [2.24, 2.45) is 0 Å². The number of nitrogens with one attached hydrogen (secondary N) is 1. The molecular formula is C20H19FN2O5. The molecule has 7 nitrogen and oxygen atoms in total. The van der Waals surface area contributed by atoms with Crippen molar-refractivity contribution in [3.8, 4) is 5.75 Å². The second-order valence-electron chi connectivity index (χ2n) is 6.95. The molecule has 28 heavy (non-hydrogen) atoms. The Morgan fingerprint density at radius 3 is 2.43 bits per heavy atom. The summed E-state index contributed by atoms with van der Waals surface area (Å²) in [5.41, 5.74) is -0.586. The minimum Gasteiger partial charge on any atom is -0.478 e. The summed E-state index contributed by atoms with van der Waals surface area (Å²) >= 11 is 0. The van der Waals surface area contributed by atoms with Crippen LogP contribution in [-0.2, 0) is 9.59 Å². The van der Waals surface area contributed by atoms with Gasteiger partial charge in [0.05, 0.1) is 11.3 Å². The van der Waals surface area contributed by atoms with Gasteiger partial charge in [-0.1, -0.05) is 0 Å². The highest BCUT2D eigenvalue weighted by atomic mass is 19.1. The zero-order valence-corrected chi connectivity index (χ0v) is 15.5. The number of carboxylic acid groups (broad SMARTS) is 1. The second-order valence-corrected chi connectivity index (χ2v) is 6.95. The molecule has 1 aliphatic rings. The summed E-state index contributed by atoms with van der Waals surface area (Å²) in [5, 5.41) is 11.8. The molecule has 1 atom stereocenters. The van der Waals surface area contributed by atoms with Gasteiger partial charge in [0.2, 0.25) is 5.91 Å². The number of aromatic carboxylic acids is 1. The lowest BCUT2D eigenvalue weighted by atomic mass is 10.0. The Labute approximate surface area is 160 Å². The third-order valence-electron chi connectivity index (χ3n) is 4.44. The van der Waals surface area contributed by atoms with E-state index in [1.54, 1.807) is 20.8 Å². The molecule has 2 amide bonds. The van der Waals surface area contributed by atoms with Crippen LogP contribution in [0.15, 0.2) is 42.5 Å². The number of amides is 2. The zero-order chi connectivity index (χ0) is 20.6.